The molecule has 0 spiro atoms. The van der Waals surface area contributed by atoms with Gasteiger partial charge in [0, 0.05) is 7.11 Å². The molecule has 3 nitrogen and oxygen atoms in total. The van der Waals surface area contributed by atoms with Gasteiger partial charge in [-0.3, -0.25) is 0 Å². The summed E-state index contributed by atoms with van der Waals surface area (Å²) in [5, 5.41) is 11.3. The second kappa shape index (κ2) is 8.32. The van der Waals surface area contributed by atoms with Crippen LogP contribution in [0.25, 0.3) is 6.08 Å². The van der Waals surface area contributed by atoms with E-state index in [0.717, 1.165) is 5.56 Å². The molecule has 1 aromatic carbocycles. The Morgan fingerprint density at radius 3 is 2.73 bits per heavy atom. The van der Waals surface area contributed by atoms with E-state index in [0.29, 0.717) is 5.75 Å². The van der Waals surface area contributed by atoms with Gasteiger partial charge in [0.2, 0.25) is 0 Å². The van der Waals surface area contributed by atoms with Crippen molar-refractivity contribution in [3.63, 3.8) is 0 Å². The number of ether oxygens (including phenoxy) is 2. The molecule has 0 amide bonds. The third kappa shape index (κ3) is 5.15. The topological polar surface area (TPSA) is 41.5 Å². The fourth-order valence-corrected chi connectivity index (χ4v) is 1.06. The van der Waals surface area contributed by atoms with Crippen molar-refractivity contribution >= 4 is 6.08 Å². The minimum absolute atomic E-state index is 0. The molecule has 0 heterocycles. The fraction of sp³-hybridized carbons (Fsp3) is 0.273. The summed E-state index contributed by atoms with van der Waals surface area (Å²) in [4.78, 5) is 0. The summed E-state index contributed by atoms with van der Waals surface area (Å²) < 4.78 is 9.83. The van der Waals surface area contributed by atoms with Gasteiger partial charge in [-0.2, -0.15) is 0 Å². The maximum Gasteiger partial charge on any atom is 1.00 e. The number of hydrogen-bond donors (Lipinski definition) is 0. The maximum absolute atomic E-state index is 11.3. The predicted molar refractivity (Wildman–Crippen MR) is 53.1 cm³/mol. The molecule has 1 aromatic rings. The Bertz CT molecular complexity index is 324. The summed E-state index contributed by atoms with van der Waals surface area (Å²) in [5.74, 6) is 0.192. The van der Waals surface area contributed by atoms with E-state index in [1.165, 1.54) is 13.2 Å². The Kier molecular flexibility index (Phi) is 8.41. The van der Waals surface area contributed by atoms with Crippen LogP contribution in [0.2, 0.25) is 0 Å². The van der Waals surface area contributed by atoms with Crippen LogP contribution in [-0.4, -0.2) is 13.9 Å². The summed E-state index contributed by atoms with van der Waals surface area (Å²) in [6.07, 6.45) is 3.80. The zero-order chi connectivity index (χ0) is 10.4. The molecule has 4 heteroatoms. The summed E-state index contributed by atoms with van der Waals surface area (Å²) in [6.45, 7) is 2.01. The molecule has 0 unspecified atom stereocenters. The molecule has 0 N–H and O–H groups in total. The molecule has 15 heavy (non-hydrogen) atoms. The molecule has 0 saturated heterocycles. The van der Waals surface area contributed by atoms with E-state index in [4.69, 9.17) is 9.47 Å². The van der Waals surface area contributed by atoms with Gasteiger partial charge in [-0.05, 0) is 18.6 Å². The van der Waals surface area contributed by atoms with E-state index in [1.54, 1.807) is 12.1 Å². The van der Waals surface area contributed by atoms with Crippen LogP contribution < -0.4 is 61.2 Å². The molecule has 0 radical (unpaired) electrons. The predicted octanol–water partition coefficient (Wildman–Crippen LogP) is -1.22. The SMILES string of the molecule is C/C=C/c1ccc([O-])c(OCOC)c1.[K+]. The smallest absolute Gasteiger partial charge is 0.870 e. The van der Waals surface area contributed by atoms with Gasteiger partial charge in [0.15, 0.2) is 6.79 Å². The van der Waals surface area contributed by atoms with Gasteiger partial charge in [-0.1, -0.05) is 30.0 Å². The van der Waals surface area contributed by atoms with Crippen LogP contribution >= 0.6 is 0 Å². The average molecular weight is 232 g/mol. The van der Waals surface area contributed by atoms with Crippen LogP contribution in [0.4, 0.5) is 0 Å². The van der Waals surface area contributed by atoms with Gasteiger partial charge in [0.05, 0.1) is 0 Å². The zero-order valence-electron chi connectivity index (χ0n) is 9.32. The van der Waals surface area contributed by atoms with E-state index in [2.05, 4.69) is 0 Å². The van der Waals surface area contributed by atoms with Crippen molar-refractivity contribution in [1.29, 1.82) is 0 Å². The van der Waals surface area contributed by atoms with Crippen LogP contribution in [0.15, 0.2) is 24.3 Å². The summed E-state index contributed by atoms with van der Waals surface area (Å²) in [5.41, 5.74) is 0.943. The van der Waals surface area contributed by atoms with E-state index in [1.807, 2.05) is 19.1 Å². The van der Waals surface area contributed by atoms with Gasteiger partial charge in [-0.15, -0.1) is 0 Å². The summed E-state index contributed by atoms with van der Waals surface area (Å²) in [6, 6.07) is 4.93. The van der Waals surface area contributed by atoms with Crippen molar-refractivity contribution in [2.75, 3.05) is 13.9 Å². The van der Waals surface area contributed by atoms with E-state index >= 15 is 0 Å². The van der Waals surface area contributed by atoms with E-state index < -0.39 is 0 Å². The van der Waals surface area contributed by atoms with Crippen LogP contribution in [0.1, 0.15) is 12.5 Å². The molecular formula is C11H13KO3. The normalized spacial score (nSPS) is 10.0. The number of allylic oxidation sites excluding steroid dienone is 1. The minimum atomic E-state index is -0.129. The number of methoxy groups -OCH3 is 1. The molecule has 76 valence electrons. The van der Waals surface area contributed by atoms with Crippen LogP contribution in [0.3, 0.4) is 0 Å². The van der Waals surface area contributed by atoms with Gasteiger partial charge >= 0.3 is 51.4 Å². The summed E-state index contributed by atoms with van der Waals surface area (Å²) >= 11 is 0. The van der Waals surface area contributed by atoms with Crippen molar-refractivity contribution in [3.8, 4) is 11.5 Å². The van der Waals surface area contributed by atoms with Crippen molar-refractivity contribution in [1.82, 2.24) is 0 Å². The maximum atomic E-state index is 11.3. The van der Waals surface area contributed by atoms with Crippen LogP contribution in [-0.2, 0) is 4.74 Å². The molecule has 0 fully saturated rings. The fourth-order valence-electron chi connectivity index (χ4n) is 1.06. The molecular weight excluding hydrogens is 219 g/mol. The Labute approximate surface area is 133 Å². The van der Waals surface area contributed by atoms with Gasteiger partial charge in [0.25, 0.3) is 0 Å². The molecule has 0 atom stereocenters. The van der Waals surface area contributed by atoms with Crippen LogP contribution in [0.5, 0.6) is 11.5 Å². The first-order chi connectivity index (χ1) is 6.77. The Balaban J connectivity index is 0.00000196. The van der Waals surface area contributed by atoms with Crippen molar-refractivity contribution in [3.05, 3.63) is 29.8 Å². The molecule has 0 aromatic heterocycles. The Morgan fingerprint density at radius 2 is 2.13 bits per heavy atom. The number of hydrogen-bond acceptors (Lipinski definition) is 3. The van der Waals surface area contributed by atoms with Gasteiger partial charge in [-0.25, -0.2) is 0 Å². The molecule has 0 saturated carbocycles. The van der Waals surface area contributed by atoms with Crippen molar-refractivity contribution in [2.45, 2.75) is 6.92 Å². The molecule has 1 rings (SSSR count). The third-order valence-electron chi connectivity index (χ3n) is 1.66. The van der Waals surface area contributed by atoms with Crippen molar-refractivity contribution < 1.29 is 66.0 Å². The quantitative estimate of drug-likeness (QED) is 0.483. The summed E-state index contributed by atoms with van der Waals surface area (Å²) in [7, 11) is 1.51. The first-order valence-corrected chi connectivity index (χ1v) is 4.33. The zero-order valence-corrected chi connectivity index (χ0v) is 12.4. The number of benzene rings is 1. The largest absolute Gasteiger partial charge is 1.00 e. The minimum Gasteiger partial charge on any atom is -0.870 e. The Hall–Kier alpha value is 0.156. The molecule has 0 bridgehead atoms. The van der Waals surface area contributed by atoms with Gasteiger partial charge in [0.1, 0.15) is 5.75 Å². The molecule has 0 aliphatic rings. The first-order valence-electron chi connectivity index (χ1n) is 4.33. The molecule has 0 aliphatic carbocycles. The average Bonchev–Trinajstić information content (AvgIpc) is 2.19. The third-order valence-corrected chi connectivity index (χ3v) is 1.66. The molecule has 0 aliphatic heterocycles. The van der Waals surface area contributed by atoms with E-state index in [9.17, 15) is 5.11 Å². The monoisotopic (exact) mass is 232 g/mol. The van der Waals surface area contributed by atoms with Crippen LogP contribution in [0, 0.1) is 0 Å². The second-order valence-corrected chi connectivity index (χ2v) is 2.76. The number of rotatable bonds is 4. The van der Waals surface area contributed by atoms with Crippen molar-refractivity contribution in [2.24, 2.45) is 0 Å². The Morgan fingerprint density at radius 1 is 1.40 bits per heavy atom. The second-order valence-electron chi connectivity index (χ2n) is 2.76. The van der Waals surface area contributed by atoms with E-state index in [-0.39, 0.29) is 63.9 Å². The standard InChI is InChI=1S/C11H14O3.K/c1-3-4-9-5-6-10(12)11(7-9)14-8-13-2;/h3-7,12H,8H2,1-2H3;/q;+1/p-1/b4-3+;. The first kappa shape index (κ1) is 15.2. The van der Waals surface area contributed by atoms with Gasteiger partial charge < -0.3 is 14.6 Å².